The summed E-state index contributed by atoms with van der Waals surface area (Å²) in [4.78, 5) is 0.810. The molecule has 2 saturated carbocycles. The molecule has 0 saturated heterocycles. The van der Waals surface area contributed by atoms with Crippen molar-refractivity contribution >= 4 is 15.9 Å². The van der Waals surface area contributed by atoms with Crippen LogP contribution >= 0.6 is 15.9 Å². The Labute approximate surface area is 103 Å². The highest BCUT2D eigenvalue weighted by molar-refractivity contribution is 9.09. The highest BCUT2D eigenvalue weighted by Gasteiger charge is 2.33. The van der Waals surface area contributed by atoms with Crippen molar-refractivity contribution in [2.75, 3.05) is 0 Å². The van der Waals surface area contributed by atoms with Crippen LogP contribution in [-0.2, 0) is 0 Å². The fraction of sp³-hybridized carbons (Fsp3) is 1.00. The van der Waals surface area contributed by atoms with E-state index in [9.17, 15) is 0 Å². The van der Waals surface area contributed by atoms with E-state index in [1.165, 1.54) is 44.9 Å². The van der Waals surface area contributed by atoms with Gasteiger partial charge in [0.1, 0.15) is 0 Å². The minimum Gasteiger partial charge on any atom is -0.0888 e. The molecule has 0 spiro atoms. The van der Waals surface area contributed by atoms with Crippen LogP contribution in [0.25, 0.3) is 0 Å². The average Bonchev–Trinajstić information content (AvgIpc) is 2.53. The zero-order valence-corrected chi connectivity index (χ0v) is 11.8. The van der Waals surface area contributed by atoms with Gasteiger partial charge in [-0.15, -0.1) is 0 Å². The molecule has 0 aromatic rings. The molecule has 0 aromatic carbocycles. The van der Waals surface area contributed by atoms with Crippen molar-refractivity contribution in [2.24, 2.45) is 23.7 Å². The van der Waals surface area contributed by atoms with Crippen LogP contribution in [0.3, 0.4) is 0 Å². The minimum absolute atomic E-state index is 0.810. The molecule has 15 heavy (non-hydrogen) atoms. The van der Waals surface area contributed by atoms with Crippen LogP contribution in [0.2, 0.25) is 0 Å². The number of halogens is 1. The molecule has 0 nitrogen and oxygen atoms in total. The first kappa shape index (κ1) is 12.0. The Balaban J connectivity index is 1.77. The molecular weight excluding hydrogens is 248 g/mol. The normalized spacial score (nSPS) is 47.0. The molecule has 2 fully saturated rings. The molecule has 0 N–H and O–H groups in total. The summed E-state index contributed by atoms with van der Waals surface area (Å²) < 4.78 is 0. The van der Waals surface area contributed by atoms with Gasteiger partial charge in [0.15, 0.2) is 0 Å². The van der Waals surface area contributed by atoms with Crippen LogP contribution in [0.4, 0.5) is 0 Å². The quantitative estimate of drug-likeness (QED) is 0.620. The summed E-state index contributed by atoms with van der Waals surface area (Å²) in [6.07, 6.45) is 10.4. The largest absolute Gasteiger partial charge is 0.0888 e. The van der Waals surface area contributed by atoms with Crippen molar-refractivity contribution < 1.29 is 0 Å². The number of alkyl halides is 1. The number of rotatable bonds is 2. The lowest BCUT2D eigenvalue weighted by Gasteiger charge is -2.29. The van der Waals surface area contributed by atoms with E-state index < -0.39 is 0 Å². The summed E-state index contributed by atoms with van der Waals surface area (Å²) in [6, 6.07) is 0. The average molecular weight is 273 g/mol. The molecule has 0 heterocycles. The molecule has 0 amide bonds. The van der Waals surface area contributed by atoms with E-state index in [0.29, 0.717) is 0 Å². The molecule has 0 aromatic heterocycles. The Kier molecular flexibility index (Phi) is 4.15. The Morgan fingerprint density at radius 3 is 2.13 bits per heavy atom. The van der Waals surface area contributed by atoms with Gasteiger partial charge >= 0.3 is 0 Å². The van der Waals surface area contributed by atoms with Crippen LogP contribution in [0.5, 0.6) is 0 Å². The lowest BCUT2D eigenvalue weighted by molar-refractivity contribution is 0.229. The minimum atomic E-state index is 0.810. The molecular formula is C14H25Br. The van der Waals surface area contributed by atoms with Gasteiger partial charge in [0.2, 0.25) is 0 Å². The van der Waals surface area contributed by atoms with Crippen molar-refractivity contribution in [1.29, 1.82) is 0 Å². The van der Waals surface area contributed by atoms with Gasteiger partial charge in [-0.1, -0.05) is 55.5 Å². The van der Waals surface area contributed by atoms with E-state index in [4.69, 9.17) is 0 Å². The van der Waals surface area contributed by atoms with Crippen LogP contribution in [0, 0.1) is 23.7 Å². The van der Waals surface area contributed by atoms with E-state index in [2.05, 4.69) is 29.8 Å². The molecule has 0 radical (unpaired) electrons. The van der Waals surface area contributed by atoms with E-state index in [1.54, 1.807) is 0 Å². The Morgan fingerprint density at radius 2 is 1.60 bits per heavy atom. The molecule has 0 bridgehead atoms. The fourth-order valence-electron chi connectivity index (χ4n) is 3.52. The second kappa shape index (κ2) is 5.21. The van der Waals surface area contributed by atoms with E-state index in [-0.39, 0.29) is 0 Å². The molecule has 2 rings (SSSR count). The summed E-state index contributed by atoms with van der Waals surface area (Å²) >= 11 is 3.82. The van der Waals surface area contributed by atoms with Gasteiger partial charge in [0, 0.05) is 4.83 Å². The van der Waals surface area contributed by atoms with Crippen molar-refractivity contribution in [3.63, 3.8) is 0 Å². The Hall–Kier alpha value is 0.480. The summed E-state index contributed by atoms with van der Waals surface area (Å²) in [5.41, 5.74) is 0. The lowest BCUT2D eigenvalue weighted by atomic mass is 9.77. The first-order valence-electron chi connectivity index (χ1n) is 6.81. The van der Waals surface area contributed by atoms with Crippen molar-refractivity contribution in [3.05, 3.63) is 0 Å². The first-order valence-corrected chi connectivity index (χ1v) is 7.72. The van der Waals surface area contributed by atoms with Crippen LogP contribution < -0.4 is 0 Å². The molecule has 0 aliphatic heterocycles. The number of hydrogen-bond acceptors (Lipinski definition) is 0. The van der Waals surface area contributed by atoms with E-state index in [0.717, 1.165) is 28.5 Å². The summed E-state index contributed by atoms with van der Waals surface area (Å²) in [6.45, 7) is 4.87. The zero-order valence-electron chi connectivity index (χ0n) is 10.2. The van der Waals surface area contributed by atoms with Gasteiger partial charge in [-0.3, -0.25) is 0 Å². The third kappa shape index (κ3) is 2.99. The van der Waals surface area contributed by atoms with Crippen molar-refractivity contribution in [2.45, 2.75) is 63.6 Å². The standard InChI is InChI=1S/C14H25Br/c1-10-3-5-12(6-4-10)9-13-7-8-14(15)11(13)2/h10-14H,3-9H2,1-2H3. The molecule has 3 atom stereocenters. The van der Waals surface area contributed by atoms with Crippen molar-refractivity contribution in [3.8, 4) is 0 Å². The maximum atomic E-state index is 3.82. The fourth-order valence-corrected chi connectivity index (χ4v) is 4.22. The van der Waals surface area contributed by atoms with Gasteiger partial charge in [-0.05, 0) is 42.9 Å². The molecule has 3 unspecified atom stereocenters. The van der Waals surface area contributed by atoms with E-state index >= 15 is 0 Å². The van der Waals surface area contributed by atoms with Crippen LogP contribution in [0.1, 0.15) is 58.8 Å². The predicted octanol–water partition coefficient (Wildman–Crippen LogP) is 5.01. The molecule has 88 valence electrons. The summed E-state index contributed by atoms with van der Waals surface area (Å²) in [7, 11) is 0. The van der Waals surface area contributed by atoms with Crippen LogP contribution in [0.15, 0.2) is 0 Å². The van der Waals surface area contributed by atoms with Crippen molar-refractivity contribution in [1.82, 2.24) is 0 Å². The first-order chi connectivity index (χ1) is 7.16. The molecule has 2 aliphatic rings. The third-order valence-electron chi connectivity index (χ3n) is 4.90. The van der Waals surface area contributed by atoms with Gasteiger partial charge in [-0.25, -0.2) is 0 Å². The second-order valence-corrected chi connectivity index (χ2v) is 7.25. The maximum absolute atomic E-state index is 3.82. The zero-order chi connectivity index (χ0) is 10.8. The number of hydrogen-bond donors (Lipinski definition) is 0. The monoisotopic (exact) mass is 272 g/mol. The topological polar surface area (TPSA) is 0 Å². The maximum Gasteiger partial charge on any atom is 0.0174 e. The van der Waals surface area contributed by atoms with Gasteiger partial charge in [0.25, 0.3) is 0 Å². The van der Waals surface area contributed by atoms with Gasteiger partial charge in [0.05, 0.1) is 0 Å². The second-order valence-electron chi connectivity index (χ2n) is 6.07. The highest BCUT2D eigenvalue weighted by atomic mass is 79.9. The smallest absolute Gasteiger partial charge is 0.0174 e. The Bertz CT molecular complexity index is 194. The van der Waals surface area contributed by atoms with Gasteiger partial charge < -0.3 is 0 Å². The van der Waals surface area contributed by atoms with E-state index in [1.807, 2.05) is 0 Å². The molecule has 2 aliphatic carbocycles. The molecule has 1 heteroatoms. The summed E-state index contributed by atoms with van der Waals surface area (Å²) in [5, 5.41) is 0. The lowest BCUT2D eigenvalue weighted by Crippen LogP contribution is -2.18. The Morgan fingerprint density at radius 1 is 0.933 bits per heavy atom. The third-order valence-corrected chi connectivity index (χ3v) is 6.19. The predicted molar refractivity (Wildman–Crippen MR) is 70.3 cm³/mol. The summed E-state index contributed by atoms with van der Waals surface area (Å²) in [5.74, 6) is 4.01. The van der Waals surface area contributed by atoms with Gasteiger partial charge in [-0.2, -0.15) is 0 Å². The SMILES string of the molecule is CC1CCC(CC2CCC(Br)C2C)CC1. The highest BCUT2D eigenvalue weighted by Crippen LogP contribution is 2.42. The van der Waals surface area contributed by atoms with Crippen LogP contribution in [-0.4, -0.2) is 4.83 Å².